The van der Waals surface area contributed by atoms with Crippen LogP contribution in [0, 0.1) is 6.92 Å². The molecule has 0 atom stereocenters. The van der Waals surface area contributed by atoms with E-state index < -0.39 is 10.0 Å². The number of methoxy groups -OCH3 is 1. The molecule has 3 N–H and O–H groups in total. The van der Waals surface area contributed by atoms with Gasteiger partial charge in [-0.05, 0) is 52.7 Å². The molecule has 1 heterocycles. The van der Waals surface area contributed by atoms with Crippen LogP contribution >= 0.6 is 15.9 Å². The monoisotopic (exact) mass is 371 g/mol. The van der Waals surface area contributed by atoms with Gasteiger partial charge in [0.05, 0.1) is 7.11 Å². The highest BCUT2D eigenvalue weighted by atomic mass is 79.9. The maximum Gasteiger partial charge on any atom is 0.266 e. The van der Waals surface area contributed by atoms with Crippen LogP contribution in [0.3, 0.4) is 0 Å². The Morgan fingerprint density at radius 3 is 2.67 bits per heavy atom. The Hall–Kier alpha value is -1.80. The Morgan fingerprint density at radius 1 is 1.33 bits per heavy atom. The van der Waals surface area contributed by atoms with E-state index in [1.54, 1.807) is 19.1 Å². The van der Waals surface area contributed by atoms with Gasteiger partial charge in [0.15, 0.2) is 0 Å². The summed E-state index contributed by atoms with van der Waals surface area (Å²) in [5.74, 6) is 0.467. The molecule has 6 nitrogen and oxygen atoms in total. The summed E-state index contributed by atoms with van der Waals surface area (Å²) in [5, 5.41) is 0. The first kappa shape index (κ1) is 15.6. The maximum atomic E-state index is 12.5. The van der Waals surface area contributed by atoms with Crippen LogP contribution in [0.5, 0.6) is 5.75 Å². The molecule has 21 heavy (non-hydrogen) atoms. The second-order valence-corrected chi connectivity index (χ2v) is 6.90. The molecule has 1 aromatic carbocycles. The SMILES string of the molecule is COc1ccc(N)cc1S(=O)(=O)Nc1ncc(Br)cc1C. The molecule has 2 rings (SSSR count). The number of hydrogen-bond acceptors (Lipinski definition) is 5. The highest BCUT2D eigenvalue weighted by Crippen LogP contribution is 2.28. The molecule has 0 fully saturated rings. The molecule has 2 aromatic rings. The summed E-state index contributed by atoms with van der Waals surface area (Å²) >= 11 is 3.28. The number of rotatable bonds is 4. The summed E-state index contributed by atoms with van der Waals surface area (Å²) in [5.41, 5.74) is 6.67. The number of nitrogens with one attached hydrogen (secondary N) is 1. The van der Waals surface area contributed by atoms with Gasteiger partial charge in [-0.15, -0.1) is 0 Å². The van der Waals surface area contributed by atoms with Crippen LogP contribution in [-0.2, 0) is 10.0 Å². The van der Waals surface area contributed by atoms with Crippen LogP contribution in [0.25, 0.3) is 0 Å². The van der Waals surface area contributed by atoms with Crippen molar-refractivity contribution in [1.29, 1.82) is 0 Å². The molecule has 0 spiro atoms. The van der Waals surface area contributed by atoms with Crippen molar-refractivity contribution in [2.24, 2.45) is 0 Å². The van der Waals surface area contributed by atoms with E-state index in [4.69, 9.17) is 10.5 Å². The second kappa shape index (κ2) is 5.90. The molecule has 0 saturated carbocycles. The molecule has 0 aliphatic rings. The van der Waals surface area contributed by atoms with Gasteiger partial charge in [-0.1, -0.05) is 0 Å². The van der Waals surface area contributed by atoms with Crippen molar-refractivity contribution < 1.29 is 13.2 Å². The highest BCUT2D eigenvalue weighted by Gasteiger charge is 2.21. The molecule has 0 saturated heterocycles. The quantitative estimate of drug-likeness (QED) is 0.805. The van der Waals surface area contributed by atoms with E-state index in [0.717, 1.165) is 4.47 Å². The van der Waals surface area contributed by atoms with Gasteiger partial charge in [0.1, 0.15) is 16.5 Å². The van der Waals surface area contributed by atoms with Gasteiger partial charge in [0.25, 0.3) is 10.0 Å². The predicted octanol–water partition coefficient (Wildman–Crippen LogP) is 2.54. The normalized spacial score (nSPS) is 11.2. The number of benzene rings is 1. The summed E-state index contributed by atoms with van der Waals surface area (Å²) in [6, 6.07) is 6.18. The Bertz CT molecular complexity index is 778. The third-order valence-corrected chi connectivity index (χ3v) is 4.55. The third kappa shape index (κ3) is 3.45. The smallest absolute Gasteiger partial charge is 0.266 e. The first-order valence-electron chi connectivity index (χ1n) is 5.92. The van der Waals surface area contributed by atoms with Crippen LogP contribution in [0.4, 0.5) is 11.5 Å². The summed E-state index contributed by atoms with van der Waals surface area (Å²) in [4.78, 5) is 4.02. The minimum Gasteiger partial charge on any atom is -0.495 e. The minimum atomic E-state index is -3.85. The lowest BCUT2D eigenvalue weighted by Gasteiger charge is -2.13. The number of ether oxygens (including phenoxy) is 1. The van der Waals surface area contributed by atoms with Gasteiger partial charge in [-0.3, -0.25) is 4.72 Å². The van der Waals surface area contributed by atoms with Gasteiger partial charge in [-0.2, -0.15) is 0 Å². The Labute approximate surface area is 131 Å². The molecular weight excluding hydrogens is 358 g/mol. The summed E-state index contributed by atoms with van der Waals surface area (Å²) in [6.07, 6.45) is 1.52. The van der Waals surface area contributed by atoms with Crippen LogP contribution < -0.4 is 15.2 Å². The zero-order valence-corrected chi connectivity index (χ0v) is 13.8. The molecule has 0 radical (unpaired) electrons. The highest BCUT2D eigenvalue weighted by molar-refractivity contribution is 9.10. The number of halogens is 1. The van der Waals surface area contributed by atoms with Crippen molar-refractivity contribution in [2.75, 3.05) is 17.6 Å². The average molecular weight is 372 g/mol. The van der Waals surface area contributed by atoms with E-state index in [0.29, 0.717) is 11.3 Å². The van der Waals surface area contributed by atoms with Crippen LogP contribution in [0.2, 0.25) is 0 Å². The van der Waals surface area contributed by atoms with E-state index in [1.807, 2.05) is 0 Å². The molecule has 8 heteroatoms. The molecule has 0 bridgehead atoms. The number of sulfonamides is 1. The average Bonchev–Trinajstić information content (AvgIpc) is 2.42. The number of nitrogens with zero attached hydrogens (tertiary/aromatic N) is 1. The van der Waals surface area contributed by atoms with Crippen molar-refractivity contribution >= 4 is 37.5 Å². The van der Waals surface area contributed by atoms with E-state index >= 15 is 0 Å². The Kier molecular flexibility index (Phi) is 4.38. The summed E-state index contributed by atoms with van der Waals surface area (Å²) in [6.45, 7) is 1.76. The number of nitrogens with two attached hydrogens (primary N) is 1. The molecule has 0 amide bonds. The van der Waals surface area contributed by atoms with Crippen molar-refractivity contribution in [3.8, 4) is 5.75 Å². The second-order valence-electron chi connectivity index (χ2n) is 4.33. The predicted molar refractivity (Wildman–Crippen MR) is 84.9 cm³/mol. The number of anilines is 2. The third-order valence-electron chi connectivity index (χ3n) is 2.75. The largest absolute Gasteiger partial charge is 0.495 e. The van der Waals surface area contributed by atoms with E-state index in [9.17, 15) is 8.42 Å². The number of pyridine rings is 1. The summed E-state index contributed by atoms with van der Waals surface area (Å²) < 4.78 is 33.2. The van der Waals surface area contributed by atoms with E-state index in [1.165, 1.54) is 25.4 Å². The molecule has 0 aliphatic heterocycles. The van der Waals surface area contributed by atoms with E-state index in [2.05, 4.69) is 25.6 Å². The number of nitrogen functional groups attached to an aromatic ring is 1. The van der Waals surface area contributed by atoms with Gasteiger partial charge < -0.3 is 10.5 Å². The van der Waals surface area contributed by atoms with Gasteiger partial charge in [-0.25, -0.2) is 13.4 Å². The fourth-order valence-electron chi connectivity index (χ4n) is 1.73. The molecule has 112 valence electrons. The molecule has 0 unspecified atom stereocenters. The summed E-state index contributed by atoms with van der Waals surface area (Å²) in [7, 11) is -2.45. The molecular formula is C13H14BrN3O3S. The van der Waals surface area contributed by atoms with Crippen LogP contribution in [0.15, 0.2) is 39.8 Å². The van der Waals surface area contributed by atoms with Gasteiger partial charge in [0, 0.05) is 16.4 Å². The van der Waals surface area contributed by atoms with Crippen molar-refractivity contribution in [1.82, 2.24) is 4.98 Å². The number of aryl methyl sites for hydroxylation is 1. The lowest BCUT2D eigenvalue weighted by molar-refractivity contribution is 0.403. The zero-order chi connectivity index (χ0) is 15.6. The fraction of sp³-hybridized carbons (Fsp3) is 0.154. The topological polar surface area (TPSA) is 94.3 Å². The molecule has 0 aliphatic carbocycles. The fourth-order valence-corrected chi connectivity index (χ4v) is 3.46. The zero-order valence-electron chi connectivity index (χ0n) is 11.4. The number of aromatic nitrogens is 1. The van der Waals surface area contributed by atoms with Crippen molar-refractivity contribution in [3.05, 3.63) is 40.5 Å². The lowest BCUT2D eigenvalue weighted by Crippen LogP contribution is -2.16. The Morgan fingerprint density at radius 2 is 2.05 bits per heavy atom. The van der Waals surface area contributed by atoms with Gasteiger partial charge in [0.2, 0.25) is 0 Å². The first-order valence-corrected chi connectivity index (χ1v) is 8.19. The maximum absolute atomic E-state index is 12.5. The van der Waals surface area contributed by atoms with E-state index in [-0.39, 0.29) is 16.5 Å². The Balaban J connectivity index is 2.45. The first-order chi connectivity index (χ1) is 9.83. The molecule has 1 aromatic heterocycles. The van der Waals surface area contributed by atoms with Crippen molar-refractivity contribution in [2.45, 2.75) is 11.8 Å². The van der Waals surface area contributed by atoms with Gasteiger partial charge >= 0.3 is 0 Å². The van der Waals surface area contributed by atoms with Crippen molar-refractivity contribution in [3.63, 3.8) is 0 Å². The van der Waals surface area contributed by atoms with Crippen LogP contribution in [-0.4, -0.2) is 20.5 Å². The number of hydrogen-bond donors (Lipinski definition) is 2. The minimum absolute atomic E-state index is 0.0332. The lowest BCUT2D eigenvalue weighted by atomic mass is 10.3. The standard InChI is InChI=1S/C13H14BrN3O3S/c1-8-5-9(14)7-16-13(8)17-21(18,19)12-6-10(15)3-4-11(12)20-2/h3-7H,15H2,1-2H3,(H,16,17). The van der Waals surface area contributed by atoms with Crippen LogP contribution in [0.1, 0.15) is 5.56 Å².